The number of sulfone groups is 1. The predicted molar refractivity (Wildman–Crippen MR) is 124 cm³/mol. The fraction of sp³-hybridized carbons (Fsp3) is 0.409. The Hall–Kier alpha value is -2.01. The molecule has 0 aromatic heterocycles. The molecule has 7 nitrogen and oxygen atoms in total. The van der Waals surface area contributed by atoms with Gasteiger partial charge in [-0.15, -0.1) is 0 Å². The average Bonchev–Trinajstić information content (AvgIpc) is 2.76. The van der Waals surface area contributed by atoms with E-state index in [9.17, 15) is 26.0 Å². The maximum absolute atomic E-state index is 14.0. The minimum Gasteiger partial charge on any atom is -0.349 e. The SMILES string of the molecule is C[C@@H](NC(=O)C1CCN(S(=O)(=O)Cc2c(F)cccc2Cl)CC1)c1ccc(S(C)(=O)=O)cc1. The van der Waals surface area contributed by atoms with Crippen LogP contribution in [0.4, 0.5) is 4.39 Å². The zero-order valence-corrected chi connectivity index (χ0v) is 20.7. The molecule has 0 unspecified atom stereocenters. The van der Waals surface area contributed by atoms with Gasteiger partial charge >= 0.3 is 0 Å². The van der Waals surface area contributed by atoms with E-state index in [2.05, 4.69) is 5.32 Å². The minimum atomic E-state index is -3.78. The number of rotatable bonds is 7. The number of hydrogen-bond acceptors (Lipinski definition) is 5. The van der Waals surface area contributed by atoms with Crippen molar-refractivity contribution in [2.75, 3.05) is 19.3 Å². The molecule has 1 aliphatic rings. The molecule has 1 atom stereocenters. The summed E-state index contributed by atoms with van der Waals surface area (Å²) in [6, 6.07) is 10.0. The molecule has 1 saturated heterocycles. The Morgan fingerprint density at radius 1 is 1.12 bits per heavy atom. The van der Waals surface area contributed by atoms with E-state index in [0.717, 1.165) is 11.8 Å². The number of hydrogen-bond donors (Lipinski definition) is 1. The second-order valence-electron chi connectivity index (χ2n) is 8.20. The molecule has 1 amide bonds. The topological polar surface area (TPSA) is 101 Å². The van der Waals surface area contributed by atoms with Gasteiger partial charge in [0.15, 0.2) is 9.84 Å². The van der Waals surface area contributed by atoms with Crippen molar-refractivity contribution in [2.24, 2.45) is 5.92 Å². The van der Waals surface area contributed by atoms with Crippen molar-refractivity contribution in [3.05, 3.63) is 64.4 Å². The van der Waals surface area contributed by atoms with Crippen LogP contribution in [0.3, 0.4) is 0 Å². The summed E-state index contributed by atoms with van der Waals surface area (Å²) >= 11 is 5.96. The molecule has 33 heavy (non-hydrogen) atoms. The van der Waals surface area contributed by atoms with Crippen molar-refractivity contribution < 1.29 is 26.0 Å². The molecule has 0 spiro atoms. The summed E-state index contributed by atoms with van der Waals surface area (Å²) in [7, 11) is -7.08. The maximum Gasteiger partial charge on any atom is 0.223 e. The predicted octanol–water partition coefficient (Wildman–Crippen LogP) is 3.30. The summed E-state index contributed by atoms with van der Waals surface area (Å²) in [6.07, 6.45) is 1.82. The molecule has 1 heterocycles. The highest BCUT2D eigenvalue weighted by molar-refractivity contribution is 7.90. The molecule has 3 rings (SSSR count). The van der Waals surface area contributed by atoms with E-state index >= 15 is 0 Å². The van der Waals surface area contributed by atoms with Crippen molar-refractivity contribution in [2.45, 2.75) is 36.5 Å². The fourth-order valence-corrected chi connectivity index (χ4v) is 6.31. The average molecular weight is 517 g/mol. The third-order valence-corrected chi connectivity index (χ3v) is 9.06. The molecule has 1 N–H and O–H groups in total. The Morgan fingerprint density at radius 2 is 1.73 bits per heavy atom. The van der Waals surface area contributed by atoms with E-state index in [4.69, 9.17) is 11.6 Å². The first-order valence-electron chi connectivity index (χ1n) is 10.4. The quantitative estimate of drug-likeness (QED) is 0.608. The maximum atomic E-state index is 14.0. The molecule has 0 aliphatic carbocycles. The lowest BCUT2D eigenvalue weighted by Crippen LogP contribution is -2.43. The summed E-state index contributed by atoms with van der Waals surface area (Å²) in [4.78, 5) is 12.9. The fourth-order valence-electron chi connectivity index (χ4n) is 3.76. The van der Waals surface area contributed by atoms with Crippen LogP contribution < -0.4 is 5.32 Å². The molecule has 1 fully saturated rings. The number of sulfonamides is 1. The van der Waals surface area contributed by atoms with Crippen LogP contribution in [0.2, 0.25) is 5.02 Å². The monoisotopic (exact) mass is 516 g/mol. The second-order valence-corrected chi connectivity index (χ2v) is 12.6. The first kappa shape index (κ1) is 25.6. The van der Waals surface area contributed by atoms with E-state index in [1.807, 2.05) is 0 Å². The van der Waals surface area contributed by atoms with Gasteiger partial charge in [-0.3, -0.25) is 4.79 Å². The second kappa shape index (κ2) is 10.1. The summed E-state index contributed by atoms with van der Waals surface area (Å²) in [5.41, 5.74) is 0.701. The first-order chi connectivity index (χ1) is 15.4. The highest BCUT2D eigenvalue weighted by Gasteiger charge is 2.32. The van der Waals surface area contributed by atoms with E-state index in [1.165, 1.54) is 34.6 Å². The van der Waals surface area contributed by atoms with Gasteiger partial charge in [0.05, 0.1) is 16.7 Å². The Bertz CT molecular complexity index is 1210. The zero-order chi connectivity index (χ0) is 24.4. The number of amides is 1. The zero-order valence-electron chi connectivity index (χ0n) is 18.3. The Kier molecular flexibility index (Phi) is 7.83. The highest BCUT2D eigenvalue weighted by Crippen LogP contribution is 2.26. The largest absolute Gasteiger partial charge is 0.349 e. The van der Waals surface area contributed by atoms with Gasteiger partial charge in [-0.05, 0) is 49.6 Å². The number of benzene rings is 2. The van der Waals surface area contributed by atoms with Gasteiger partial charge in [0.25, 0.3) is 0 Å². The standard InChI is InChI=1S/C22H26ClFN2O5S2/c1-15(16-6-8-18(9-7-16)32(2,28)29)25-22(27)17-10-12-26(13-11-17)33(30,31)14-19-20(23)4-3-5-21(19)24/h3-9,15,17H,10-14H2,1-2H3,(H,25,27)/t15-/m1/s1. The normalized spacial score (nSPS) is 17.0. The summed E-state index contributed by atoms with van der Waals surface area (Å²) < 4.78 is 64.0. The van der Waals surface area contributed by atoms with Crippen molar-refractivity contribution in [3.63, 3.8) is 0 Å². The van der Waals surface area contributed by atoms with Gasteiger partial charge in [0, 0.05) is 35.8 Å². The van der Waals surface area contributed by atoms with Crippen molar-refractivity contribution in [1.82, 2.24) is 9.62 Å². The van der Waals surface area contributed by atoms with Crippen molar-refractivity contribution in [1.29, 1.82) is 0 Å². The number of nitrogens with one attached hydrogen (secondary N) is 1. The minimum absolute atomic E-state index is 0.0604. The Morgan fingerprint density at radius 3 is 2.27 bits per heavy atom. The Balaban J connectivity index is 1.57. The van der Waals surface area contributed by atoms with Crippen LogP contribution in [0, 0.1) is 11.7 Å². The van der Waals surface area contributed by atoms with Gasteiger partial charge in [-0.25, -0.2) is 25.5 Å². The number of halogens is 2. The lowest BCUT2D eigenvalue weighted by molar-refractivity contribution is -0.126. The molecular weight excluding hydrogens is 491 g/mol. The van der Waals surface area contributed by atoms with Gasteiger partial charge in [0.2, 0.25) is 15.9 Å². The smallest absolute Gasteiger partial charge is 0.223 e. The lowest BCUT2D eigenvalue weighted by Gasteiger charge is -2.31. The van der Waals surface area contributed by atoms with Crippen molar-refractivity contribution >= 4 is 37.4 Å². The summed E-state index contributed by atoms with van der Waals surface area (Å²) in [6.45, 7) is 2.11. The van der Waals surface area contributed by atoms with E-state index in [0.29, 0.717) is 12.8 Å². The number of carbonyl (C=O) groups is 1. The first-order valence-corrected chi connectivity index (χ1v) is 14.3. The molecule has 180 valence electrons. The molecular formula is C22H26ClFN2O5S2. The molecule has 11 heteroatoms. The van der Waals surface area contributed by atoms with Crippen LogP contribution in [0.5, 0.6) is 0 Å². The van der Waals surface area contributed by atoms with Crippen LogP contribution in [-0.4, -0.2) is 46.4 Å². The van der Waals surface area contributed by atoms with E-state index in [-0.39, 0.29) is 46.4 Å². The summed E-state index contributed by atoms with van der Waals surface area (Å²) in [5.74, 6) is -1.75. The highest BCUT2D eigenvalue weighted by atomic mass is 35.5. The molecule has 0 radical (unpaired) electrons. The van der Waals surface area contributed by atoms with Gasteiger partial charge in [-0.1, -0.05) is 29.8 Å². The third-order valence-electron chi connectivity index (χ3n) is 5.77. The summed E-state index contributed by atoms with van der Waals surface area (Å²) in [5, 5.41) is 2.97. The molecule has 2 aromatic carbocycles. The van der Waals surface area contributed by atoms with Crippen molar-refractivity contribution in [3.8, 4) is 0 Å². The van der Waals surface area contributed by atoms with Gasteiger partial charge in [-0.2, -0.15) is 0 Å². The number of carbonyl (C=O) groups excluding carboxylic acids is 1. The van der Waals surface area contributed by atoms with E-state index < -0.39 is 31.4 Å². The molecule has 0 saturated carbocycles. The molecule has 0 bridgehead atoms. The van der Waals surface area contributed by atoms with Gasteiger partial charge in [0.1, 0.15) is 5.82 Å². The van der Waals surface area contributed by atoms with Gasteiger partial charge < -0.3 is 5.32 Å². The van der Waals surface area contributed by atoms with Crippen LogP contribution >= 0.6 is 11.6 Å². The number of piperidine rings is 1. The lowest BCUT2D eigenvalue weighted by atomic mass is 9.96. The van der Waals surface area contributed by atoms with Crippen LogP contribution in [0.1, 0.15) is 36.9 Å². The molecule has 1 aliphatic heterocycles. The third kappa shape index (κ3) is 6.32. The van der Waals surface area contributed by atoms with E-state index in [1.54, 1.807) is 19.1 Å². The van der Waals surface area contributed by atoms with Crippen LogP contribution in [0.15, 0.2) is 47.4 Å². The number of nitrogens with zero attached hydrogens (tertiary/aromatic N) is 1. The van der Waals surface area contributed by atoms with Crippen LogP contribution in [-0.2, 0) is 30.4 Å². The molecule has 2 aromatic rings. The van der Waals surface area contributed by atoms with Crippen LogP contribution in [0.25, 0.3) is 0 Å². The Labute approximate surface area is 198 Å².